The maximum atomic E-state index is 12.4. The molecule has 108 valence electrons. The Bertz CT molecular complexity index is 501. The zero-order chi connectivity index (χ0) is 14.7. The Morgan fingerprint density at radius 2 is 2.10 bits per heavy atom. The third-order valence-electron chi connectivity index (χ3n) is 3.54. The zero-order valence-corrected chi connectivity index (χ0v) is 11.7. The number of carbonyl (C=O) groups is 2. The maximum Gasteiger partial charge on any atom is 0.337 e. The average molecular weight is 277 g/mol. The molecule has 1 N–H and O–H groups in total. The number of likely N-dealkylation sites (N-methyl/N-ethyl adjacent to an activating group) is 1. The van der Waals surface area contributed by atoms with Crippen LogP contribution in [-0.4, -0.2) is 64.5 Å². The van der Waals surface area contributed by atoms with Gasteiger partial charge in [0, 0.05) is 25.3 Å². The van der Waals surface area contributed by atoms with Gasteiger partial charge in [0.25, 0.3) is 5.91 Å². The minimum absolute atomic E-state index is 0.0881. The van der Waals surface area contributed by atoms with Crippen LogP contribution in [0.25, 0.3) is 0 Å². The number of hydrogen-bond acceptors (Lipinski definition) is 4. The highest BCUT2D eigenvalue weighted by atomic mass is 16.4. The topological polar surface area (TPSA) is 73.7 Å². The van der Waals surface area contributed by atoms with Gasteiger partial charge in [-0.1, -0.05) is 0 Å². The van der Waals surface area contributed by atoms with Gasteiger partial charge in [0.05, 0.1) is 5.56 Å². The second-order valence-corrected chi connectivity index (χ2v) is 5.20. The first-order valence-electron chi connectivity index (χ1n) is 6.68. The number of pyridine rings is 1. The number of nitrogens with zero attached hydrogens (tertiary/aromatic N) is 3. The molecule has 0 radical (unpaired) electrons. The van der Waals surface area contributed by atoms with E-state index < -0.39 is 5.97 Å². The third-order valence-corrected chi connectivity index (χ3v) is 3.54. The highest BCUT2D eigenvalue weighted by molar-refractivity contribution is 5.94. The van der Waals surface area contributed by atoms with Crippen molar-refractivity contribution in [2.45, 2.75) is 19.4 Å². The van der Waals surface area contributed by atoms with Crippen LogP contribution < -0.4 is 0 Å². The van der Waals surface area contributed by atoms with E-state index in [-0.39, 0.29) is 17.5 Å². The molecule has 20 heavy (non-hydrogen) atoms. The van der Waals surface area contributed by atoms with Gasteiger partial charge in [-0.25, -0.2) is 4.79 Å². The van der Waals surface area contributed by atoms with E-state index in [1.807, 2.05) is 18.9 Å². The first kappa shape index (κ1) is 14.5. The Morgan fingerprint density at radius 1 is 1.35 bits per heavy atom. The second kappa shape index (κ2) is 6.00. The smallest absolute Gasteiger partial charge is 0.337 e. The molecule has 1 aliphatic rings. The summed E-state index contributed by atoms with van der Waals surface area (Å²) in [5, 5.41) is 8.83. The molecule has 1 unspecified atom stereocenters. The number of amides is 1. The summed E-state index contributed by atoms with van der Waals surface area (Å²) in [6.45, 7) is 4.52. The lowest BCUT2D eigenvalue weighted by Crippen LogP contribution is -2.42. The van der Waals surface area contributed by atoms with E-state index in [0.717, 1.165) is 19.5 Å². The minimum Gasteiger partial charge on any atom is -0.478 e. The van der Waals surface area contributed by atoms with Gasteiger partial charge in [0.2, 0.25) is 0 Å². The van der Waals surface area contributed by atoms with Crippen LogP contribution in [0.3, 0.4) is 0 Å². The van der Waals surface area contributed by atoms with Crippen molar-refractivity contribution >= 4 is 11.9 Å². The first-order valence-corrected chi connectivity index (χ1v) is 6.68. The SMILES string of the molecule is CC1CN(C)CCCN1C(=O)c1ccc(C(=O)O)cn1. The molecule has 1 amide bonds. The normalized spacial score (nSPS) is 20.5. The van der Waals surface area contributed by atoms with Crippen LogP contribution in [0.4, 0.5) is 0 Å². The van der Waals surface area contributed by atoms with Crippen molar-refractivity contribution in [3.8, 4) is 0 Å². The number of aromatic nitrogens is 1. The Kier molecular flexibility index (Phi) is 4.34. The standard InChI is InChI=1S/C14H19N3O3/c1-10-9-16(2)6-3-7-17(10)13(18)12-5-4-11(8-15-12)14(19)20/h4-5,8,10H,3,6-7,9H2,1-2H3,(H,19,20). The fourth-order valence-electron chi connectivity index (χ4n) is 2.47. The molecule has 2 rings (SSSR count). The van der Waals surface area contributed by atoms with Crippen molar-refractivity contribution in [3.63, 3.8) is 0 Å². The van der Waals surface area contributed by atoms with Crippen molar-refractivity contribution in [2.75, 3.05) is 26.7 Å². The molecule has 1 saturated heterocycles. The third kappa shape index (κ3) is 3.14. The van der Waals surface area contributed by atoms with E-state index in [1.165, 1.54) is 18.3 Å². The number of rotatable bonds is 2. The average Bonchev–Trinajstić information content (AvgIpc) is 2.58. The minimum atomic E-state index is -1.04. The monoisotopic (exact) mass is 277 g/mol. The van der Waals surface area contributed by atoms with Gasteiger partial charge in [0.15, 0.2) is 0 Å². The molecular weight excluding hydrogens is 258 g/mol. The summed E-state index contributed by atoms with van der Waals surface area (Å²) in [5.74, 6) is -1.17. The number of carboxylic acids is 1. The van der Waals surface area contributed by atoms with E-state index in [2.05, 4.69) is 9.88 Å². The molecule has 0 aliphatic carbocycles. The fourth-order valence-corrected chi connectivity index (χ4v) is 2.47. The molecule has 1 aromatic heterocycles. The number of hydrogen-bond donors (Lipinski definition) is 1. The largest absolute Gasteiger partial charge is 0.478 e. The highest BCUT2D eigenvalue weighted by Gasteiger charge is 2.25. The molecule has 0 bridgehead atoms. The van der Waals surface area contributed by atoms with Crippen LogP contribution in [0.15, 0.2) is 18.3 Å². The first-order chi connectivity index (χ1) is 9.49. The van der Waals surface area contributed by atoms with Crippen molar-refractivity contribution < 1.29 is 14.7 Å². The van der Waals surface area contributed by atoms with Crippen LogP contribution in [-0.2, 0) is 0 Å². The van der Waals surface area contributed by atoms with Gasteiger partial charge in [0.1, 0.15) is 5.69 Å². The van der Waals surface area contributed by atoms with E-state index >= 15 is 0 Å². The summed E-state index contributed by atoms with van der Waals surface area (Å²) in [6, 6.07) is 3.01. The molecule has 0 aromatic carbocycles. The zero-order valence-electron chi connectivity index (χ0n) is 11.7. The summed E-state index contributed by atoms with van der Waals surface area (Å²) >= 11 is 0. The maximum absolute atomic E-state index is 12.4. The Labute approximate surface area is 118 Å². The predicted octanol–water partition coefficient (Wildman–Crippen LogP) is 0.946. The molecule has 6 nitrogen and oxygen atoms in total. The highest BCUT2D eigenvalue weighted by Crippen LogP contribution is 2.12. The van der Waals surface area contributed by atoms with Crippen molar-refractivity contribution in [1.82, 2.24) is 14.8 Å². The van der Waals surface area contributed by atoms with Crippen molar-refractivity contribution in [1.29, 1.82) is 0 Å². The summed E-state index contributed by atoms with van der Waals surface area (Å²) in [7, 11) is 2.05. The van der Waals surface area contributed by atoms with Gasteiger partial charge in [-0.15, -0.1) is 0 Å². The molecule has 1 atom stereocenters. The lowest BCUT2D eigenvalue weighted by atomic mass is 10.2. The molecule has 2 heterocycles. The summed E-state index contributed by atoms with van der Waals surface area (Å²) < 4.78 is 0. The van der Waals surface area contributed by atoms with Gasteiger partial charge >= 0.3 is 5.97 Å². The summed E-state index contributed by atoms with van der Waals surface area (Å²) in [4.78, 5) is 31.2. The summed E-state index contributed by atoms with van der Waals surface area (Å²) in [5.41, 5.74) is 0.386. The molecule has 1 aliphatic heterocycles. The number of carbonyl (C=O) groups excluding carboxylic acids is 1. The Hall–Kier alpha value is -1.95. The van der Waals surface area contributed by atoms with Crippen LogP contribution >= 0.6 is 0 Å². The molecule has 1 aromatic rings. The molecule has 0 spiro atoms. The molecule has 0 saturated carbocycles. The van der Waals surface area contributed by atoms with E-state index in [4.69, 9.17) is 5.11 Å². The van der Waals surface area contributed by atoms with Crippen LogP contribution in [0.2, 0.25) is 0 Å². The molecule has 6 heteroatoms. The van der Waals surface area contributed by atoms with Gasteiger partial charge in [-0.3, -0.25) is 9.78 Å². The van der Waals surface area contributed by atoms with Crippen molar-refractivity contribution in [3.05, 3.63) is 29.6 Å². The van der Waals surface area contributed by atoms with Crippen LogP contribution in [0.5, 0.6) is 0 Å². The van der Waals surface area contributed by atoms with E-state index in [0.29, 0.717) is 12.2 Å². The lowest BCUT2D eigenvalue weighted by Gasteiger charge is -2.27. The van der Waals surface area contributed by atoms with Gasteiger partial charge < -0.3 is 14.9 Å². The molecular formula is C14H19N3O3. The van der Waals surface area contributed by atoms with Crippen LogP contribution in [0, 0.1) is 0 Å². The Morgan fingerprint density at radius 3 is 2.70 bits per heavy atom. The van der Waals surface area contributed by atoms with E-state index in [1.54, 1.807) is 0 Å². The fraction of sp³-hybridized carbons (Fsp3) is 0.500. The summed E-state index contributed by atoms with van der Waals surface area (Å²) in [6.07, 6.45) is 2.16. The number of aromatic carboxylic acids is 1. The van der Waals surface area contributed by atoms with Crippen LogP contribution in [0.1, 0.15) is 34.2 Å². The second-order valence-electron chi connectivity index (χ2n) is 5.20. The van der Waals surface area contributed by atoms with E-state index in [9.17, 15) is 9.59 Å². The van der Waals surface area contributed by atoms with Crippen molar-refractivity contribution in [2.24, 2.45) is 0 Å². The quantitative estimate of drug-likeness (QED) is 0.871. The predicted molar refractivity (Wildman–Crippen MR) is 73.8 cm³/mol. The Balaban J connectivity index is 2.15. The number of carboxylic acid groups (broad SMARTS) is 1. The van der Waals surface area contributed by atoms with Gasteiger partial charge in [-0.05, 0) is 39.1 Å². The van der Waals surface area contributed by atoms with Gasteiger partial charge in [-0.2, -0.15) is 0 Å². The molecule has 1 fully saturated rings. The lowest BCUT2D eigenvalue weighted by molar-refractivity contribution is 0.0677.